The molecule has 4 aromatic rings. The first-order chi connectivity index (χ1) is 17.2. The van der Waals surface area contributed by atoms with Gasteiger partial charge in [-0.1, -0.05) is 41.9 Å². The minimum absolute atomic E-state index is 0.000243. The second-order valence-corrected chi connectivity index (χ2v) is 9.23. The Morgan fingerprint density at radius 3 is 2.39 bits per heavy atom. The van der Waals surface area contributed by atoms with E-state index in [0.717, 1.165) is 24.4 Å². The minimum Gasteiger partial charge on any atom is -0.496 e. The van der Waals surface area contributed by atoms with Crippen LogP contribution in [0.25, 0.3) is 16.8 Å². The van der Waals surface area contributed by atoms with Crippen molar-refractivity contribution in [1.29, 1.82) is 0 Å². The topological polar surface area (TPSA) is 45.9 Å². The third-order valence-corrected chi connectivity index (χ3v) is 6.60. The van der Waals surface area contributed by atoms with Gasteiger partial charge >= 0.3 is 6.18 Å². The number of alkyl halides is 3. The van der Waals surface area contributed by atoms with E-state index in [-0.39, 0.29) is 11.2 Å². The number of hydrogen-bond donors (Lipinski definition) is 0. The van der Waals surface area contributed by atoms with E-state index in [0.29, 0.717) is 41.7 Å². The van der Waals surface area contributed by atoms with Crippen LogP contribution >= 0.6 is 11.6 Å². The summed E-state index contributed by atoms with van der Waals surface area (Å²) < 4.78 is 49.0. The highest BCUT2D eigenvalue weighted by molar-refractivity contribution is 6.30. The minimum atomic E-state index is -4.61. The lowest BCUT2D eigenvalue weighted by molar-refractivity contribution is -0.140. The van der Waals surface area contributed by atoms with Gasteiger partial charge in [0, 0.05) is 55.1 Å². The first-order valence-electron chi connectivity index (χ1n) is 11.6. The van der Waals surface area contributed by atoms with Gasteiger partial charge in [-0.25, -0.2) is 4.98 Å². The number of nitrogens with zero attached hydrogens (tertiary/aromatic N) is 5. The third-order valence-electron chi connectivity index (χ3n) is 6.36. The van der Waals surface area contributed by atoms with Gasteiger partial charge in [-0.05, 0) is 30.7 Å². The predicted molar refractivity (Wildman–Crippen MR) is 134 cm³/mol. The molecule has 0 amide bonds. The number of aromatic nitrogens is 3. The average Bonchev–Trinajstić information content (AvgIpc) is 3.25. The summed E-state index contributed by atoms with van der Waals surface area (Å²) in [5.41, 5.74) is 1.34. The summed E-state index contributed by atoms with van der Waals surface area (Å²) in [5.74, 6) is 1.38. The van der Waals surface area contributed by atoms with Crippen LogP contribution in [0, 0.1) is 6.92 Å². The normalized spacial score (nSPS) is 15.0. The van der Waals surface area contributed by atoms with Gasteiger partial charge in [0.1, 0.15) is 11.6 Å². The molecular weight excluding hydrogens is 491 g/mol. The molecule has 0 aliphatic carbocycles. The molecule has 0 bridgehead atoms. The SMILES string of the molecule is COc1ccc(Cl)cc1CN1CCN(c2cc(C)nc3c(-c4ccccc4)c(C(F)(F)F)nn23)CC1. The van der Waals surface area contributed by atoms with Crippen molar-refractivity contribution in [2.24, 2.45) is 0 Å². The Bertz CT molecular complexity index is 1380. The molecular formula is C26H25ClF3N5O. The zero-order valence-corrected chi connectivity index (χ0v) is 20.6. The number of aryl methyl sites for hydroxylation is 1. The zero-order valence-electron chi connectivity index (χ0n) is 19.9. The quantitative estimate of drug-likeness (QED) is 0.341. The Morgan fingerprint density at radius 2 is 1.72 bits per heavy atom. The highest BCUT2D eigenvalue weighted by Gasteiger charge is 2.39. The molecule has 1 aliphatic rings. The maximum absolute atomic E-state index is 14.1. The van der Waals surface area contributed by atoms with E-state index in [1.807, 2.05) is 12.1 Å². The first kappa shape index (κ1) is 24.4. The van der Waals surface area contributed by atoms with Crippen molar-refractivity contribution in [1.82, 2.24) is 19.5 Å². The van der Waals surface area contributed by atoms with E-state index >= 15 is 0 Å². The summed E-state index contributed by atoms with van der Waals surface area (Å²) in [6.45, 7) is 5.16. The summed E-state index contributed by atoms with van der Waals surface area (Å²) in [6.07, 6.45) is -4.61. The summed E-state index contributed by atoms with van der Waals surface area (Å²) in [7, 11) is 1.63. The number of benzene rings is 2. The molecule has 2 aromatic heterocycles. The van der Waals surface area contributed by atoms with Crippen molar-refractivity contribution in [3.63, 3.8) is 0 Å². The summed E-state index contributed by atoms with van der Waals surface area (Å²) >= 11 is 6.18. The van der Waals surface area contributed by atoms with Gasteiger partial charge in [0.05, 0.1) is 12.7 Å². The monoisotopic (exact) mass is 515 g/mol. The molecule has 0 atom stereocenters. The van der Waals surface area contributed by atoms with Crippen LogP contribution in [0.15, 0.2) is 54.6 Å². The van der Waals surface area contributed by atoms with Crippen LogP contribution in [0.5, 0.6) is 5.75 Å². The van der Waals surface area contributed by atoms with Gasteiger partial charge in [-0.3, -0.25) is 4.90 Å². The smallest absolute Gasteiger partial charge is 0.435 e. The fourth-order valence-corrected chi connectivity index (χ4v) is 4.86. The summed E-state index contributed by atoms with van der Waals surface area (Å²) in [5, 5.41) is 4.68. The number of fused-ring (bicyclic) bond motifs is 1. The van der Waals surface area contributed by atoms with Crippen LogP contribution < -0.4 is 9.64 Å². The van der Waals surface area contributed by atoms with Gasteiger partial charge in [0.2, 0.25) is 0 Å². The molecule has 36 heavy (non-hydrogen) atoms. The van der Waals surface area contributed by atoms with Crippen molar-refractivity contribution >= 4 is 23.1 Å². The van der Waals surface area contributed by atoms with Gasteiger partial charge in [0.25, 0.3) is 0 Å². The van der Waals surface area contributed by atoms with E-state index in [1.54, 1.807) is 56.5 Å². The van der Waals surface area contributed by atoms with Crippen molar-refractivity contribution in [2.75, 3.05) is 38.2 Å². The number of hydrogen-bond acceptors (Lipinski definition) is 5. The summed E-state index contributed by atoms with van der Waals surface area (Å²) in [4.78, 5) is 8.81. The molecule has 1 fully saturated rings. The summed E-state index contributed by atoms with van der Waals surface area (Å²) in [6, 6.07) is 15.8. The van der Waals surface area contributed by atoms with Crippen LogP contribution in [-0.2, 0) is 12.7 Å². The van der Waals surface area contributed by atoms with Crippen molar-refractivity contribution in [2.45, 2.75) is 19.6 Å². The Kier molecular flexibility index (Phi) is 6.53. The van der Waals surface area contributed by atoms with E-state index in [4.69, 9.17) is 16.3 Å². The highest BCUT2D eigenvalue weighted by atomic mass is 35.5. The molecule has 5 rings (SSSR count). The van der Waals surface area contributed by atoms with E-state index in [2.05, 4.69) is 19.9 Å². The third kappa shape index (κ3) is 4.73. The molecule has 2 aromatic carbocycles. The molecule has 0 saturated carbocycles. The molecule has 1 saturated heterocycles. The molecule has 0 radical (unpaired) electrons. The number of halogens is 4. The van der Waals surface area contributed by atoms with Crippen molar-refractivity contribution in [3.8, 4) is 16.9 Å². The maximum atomic E-state index is 14.1. The largest absolute Gasteiger partial charge is 0.496 e. The molecule has 1 aliphatic heterocycles. The Balaban J connectivity index is 1.46. The second kappa shape index (κ2) is 9.63. The molecule has 0 N–H and O–H groups in total. The first-order valence-corrected chi connectivity index (χ1v) is 11.9. The zero-order chi connectivity index (χ0) is 25.4. The van der Waals surface area contributed by atoms with Gasteiger partial charge in [-0.15, -0.1) is 0 Å². The van der Waals surface area contributed by atoms with Crippen LogP contribution in [0.3, 0.4) is 0 Å². The van der Waals surface area contributed by atoms with E-state index in [1.165, 1.54) is 4.52 Å². The highest BCUT2D eigenvalue weighted by Crippen LogP contribution is 2.39. The van der Waals surface area contributed by atoms with Crippen LogP contribution in [-0.4, -0.2) is 52.8 Å². The Hall–Kier alpha value is -3.30. The molecule has 0 unspecified atom stereocenters. The molecule has 188 valence electrons. The molecule has 10 heteroatoms. The molecule has 3 heterocycles. The number of rotatable bonds is 5. The number of anilines is 1. The lowest BCUT2D eigenvalue weighted by Gasteiger charge is -2.36. The van der Waals surface area contributed by atoms with Gasteiger partial charge in [0.15, 0.2) is 11.3 Å². The Labute approximate surface area is 211 Å². The predicted octanol–water partition coefficient (Wildman–Crippen LogP) is 5.71. The standard InChI is InChI=1S/C26H25ClF3N5O/c1-17-14-22(34-12-10-33(11-13-34)16-19-15-20(27)8-9-21(19)36-2)35-25(31-17)23(18-6-4-3-5-7-18)24(32-35)26(28,29)30/h3-9,14-15H,10-13,16H2,1-2H3. The molecule has 0 spiro atoms. The van der Waals surface area contributed by atoms with Crippen LogP contribution in [0.2, 0.25) is 5.02 Å². The number of piperazine rings is 1. The van der Waals surface area contributed by atoms with Crippen LogP contribution in [0.1, 0.15) is 17.0 Å². The Morgan fingerprint density at radius 1 is 1.00 bits per heavy atom. The van der Waals surface area contributed by atoms with E-state index in [9.17, 15) is 13.2 Å². The number of ether oxygens (including phenoxy) is 1. The fourth-order valence-electron chi connectivity index (χ4n) is 4.66. The fraction of sp³-hybridized carbons (Fsp3) is 0.308. The second-order valence-electron chi connectivity index (χ2n) is 8.80. The lowest BCUT2D eigenvalue weighted by Crippen LogP contribution is -2.46. The number of methoxy groups -OCH3 is 1. The van der Waals surface area contributed by atoms with Gasteiger partial charge in [-0.2, -0.15) is 22.8 Å². The van der Waals surface area contributed by atoms with E-state index < -0.39 is 11.9 Å². The maximum Gasteiger partial charge on any atom is 0.435 e. The van der Waals surface area contributed by atoms with Gasteiger partial charge < -0.3 is 9.64 Å². The molecule has 6 nitrogen and oxygen atoms in total. The lowest BCUT2D eigenvalue weighted by atomic mass is 10.1. The van der Waals surface area contributed by atoms with Crippen molar-refractivity contribution in [3.05, 3.63) is 76.6 Å². The average molecular weight is 516 g/mol. The van der Waals surface area contributed by atoms with Crippen LogP contribution in [0.4, 0.5) is 19.0 Å². The van der Waals surface area contributed by atoms with Crippen molar-refractivity contribution < 1.29 is 17.9 Å².